The largest absolute Gasteiger partial charge is 0.352 e. The van der Waals surface area contributed by atoms with Gasteiger partial charge >= 0.3 is 0 Å². The Bertz CT molecular complexity index is 136. The van der Waals surface area contributed by atoms with E-state index in [9.17, 15) is 4.79 Å². The molecule has 0 aliphatic carbocycles. The predicted molar refractivity (Wildman–Crippen MR) is 44.0 cm³/mol. The Morgan fingerprint density at radius 1 is 1.73 bits per heavy atom. The monoisotopic (exact) mass is 155 g/mol. The van der Waals surface area contributed by atoms with E-state index in [1.807, 2.05) is 0 Å². The van der Waals surface area contributed by atoms with E-state index in [-0.39, 0.29) is 5.91 Å². The van der Waals surface area contributed by atoms with Gasteiger partial charge < -0.3 is 5.32 Å². The molecule has 0 unspecified atom stereocenters. The summed E-state index contributed by atoms with van der Waals surface area (Å²) in [5, 5.41) is 6.03. The van der Waals surface area contributed by atoms with Gasteiger partial charge in [0.25, 0.3) is 0 Å². The summed E-state index contributed by atoms with van der Waals surface area (Å²) in [5.41, 5.74) is 0. The zero-order valence-electron chi connectivity index (χ0n) is 6.73. The molecule has 1 aliphatic heterocycles. The van der Waals surface area contributed by atoms with Gasteiger partial charge in [-0.2, -0.15) is 0 Å². The molecule has 1 aliphatic rings. The molecule has 1 heterocycles. The average Bonchev–Trinajstić information content (AvgIpc) is 2.01. The summed E-state index contributed by atoms with van der Waals surface area (Å²) in [6, 6.07) is 0.331. The van der Waals surface area contributed by atoms with Gasteiger partial charge in [-0.15, -0.1) is 0 Å². The first-order chi connectivity index (χ1) is 5.33. The normalized spacial score (nSPS) is 24.7. The minimum Gasteiger partial charge on any atom is -0.352 e. The predicted octanol–water partition coefficient (Wildman–Crippen LogP) is 0.0788. The van der Waals surface area contributed by atoms with Crippen LogP contribution in [0.3, 0.4) is 0 Å². The minimum absolute atomic E-state index is 0.187. The van der Waals surface area contributed by atoms with Crippen LogP contribution in [0.1, 0.15) is 19.3 Å². The van der Waals surface area contributed by atoms with Crippen molar-refractivity contribution in [2.45, 2.75) is 25.3 Å². The van der Waals surface area contributed by atoms with E-state index in [1.165, 1.54) is 0 Å². The fraction of sp³-hybridized carbons (Fsp3) is 0.750. The second kappa shape index (κ2) is 4.23. The Morgan fingerprint density at radius 2 is 2.55 bits per heavy atom. The molecule has 0 aromatic heterocycles. The number of carbonyl (C=O) groups is 1. The van der Waals surface area contributed by atoms with Crippen LogP contribution in [0.5, 0.6) is 0 Å². The highest BCUT2D eigenvalue weighted by Gasteiger charge is 2.16. The van der Waals surface area contributed by atoms with Crippen LogP contribution in [-0.4, -0.2) is 25.0 Å². The fourth-order valence-electron chi connectivity index (χ4n) is 1.31. The number of hydrogen-bond acceptors (Lipinski definition) is 2. The Balaban J connectivity index is 2.17. The highest BCUT2D eigenvalue weighted by Crippen LogP contribution is 2.06. The first kappa shape index (κ1) is 8.40. The van der Waals surface area contributed by atoms with E-state index in [4.69, 9.17) is 0 Å². The Morgan fingerprint density at radius 3 is 3.18 bits per heavy atom. The van der Waals surface area contributed by atoms with Crippen molar-refractivity contribution < 1.29 is 4.79 Å². The van der Waals surface area contributed by atoms with Gasteiger partial charge in [-0.25, -0.2) is 0 Å². The number of hydrogen-bond donors (Lipinski definition) is 2. The van der Waals surface area contributed by atoms with Gasteiger partial charge in [-0.3, -0.25) is 10.1 Å². The number of rotatable bonds is 3. The zero-order chi connectivity index (χ0) is 8.10. The Labute approximate surface area is 67.5 Å². The summed E-state index contributed by atoms with van der Waals surface area (Å²) in [6.45, 7) is 5.25. The molecule has 0 aromatic rings. The Hall–Kier alpha value is -0.700. The molecule has 1 amide bonds. The fourth-order valence-corrected chi connectivity index (χ4v) is 1.31. The third-order valence-corrected chi connectivity index (χ3v) is 1.89. The smallest absolute Gasteiger partial charge is 0.220 e. The van der Waals surface area contributed by atoms with Gasteiger partial charge in [0.1, 0.15) is 6.54 Å². The van der Waals surface area contributed by atoms with E-state index >= 15 is 0 Å². The van der Waals surface area contributed by atoms with Crippen LogP contribution in [0.15, 0.2) is 0 Å². The molecule has 0 aromatic carbocycles. The standard InChI is InChI=1S/C8H14N2O/c1-2-9-6-7-4-3-5-8(11)10-7/h7,9H,1-6H2/p+1/t7-/m1/s1. The van der Waals surface area contributed by atoms with Crippen molar-refractivity contribution in [3.63, 3.8) is 0 Å². The topological polar surface area (TPSA) is 41.1 Å². The van der Waals surface area contributed by atoms with Crippen molar-refractivity contribution >= 4 is 5.91 Å². The molecule has 1 saturated heterocycles. The number of piperidine rings is 1. The van der Waals surface area contributed by atoms with Gasteiger partial charge in [0.2, 0.25) is 5.91 Å². The second-order valence-corrected chi connectivity index (χ2v) is 2.86. The molecule has 3 heteroatoms. The summed E-state index contributed by atoms with van der Waals surface area (Å²) in [4.78, 5) is 10.9. The lowest BCUT2D eigenvalue weighted by molar-refractivity contribution is -0.123. The number of amides is 1. The highest BCUT2D eigenvalue weighted by molar-refractivity contribution is 5.76. The van der Waals surface area contributed by atoms with E-state index in [1.54, 1.807) is 0 Å². The lowest BCUT2D eigenvalue weighted by Crippen LogP contribution is -2.44. The molecule has 3 nitrogen and oxygen atoms in total. The third kappa shape index (κ3) is 2.80. The van der Waals surface area contributed by atoms with Crippen molar-refractivity contribution in [2.24, 2.45) is 0 Å². The van der Waals surface area contributed by atoms with Crippen LogP contribution in [0.4, 0.5) is 0 Å². The molecule has 1 rings (SSSR count). The molecule has 11 heavy (non-hydrogen) atoms. The van der Waals surface area contributed by atoms with Crippen molar-refractivity contribution in [1.82, 2.24) is 10.6 Å². The van der Waals surface area contributed by atoms with Crippen molar-refractivity contribution in [3.05, 3.63) is 6.92 Å². The summed E-state index contributed by atoms with van der Waals surface area (Å²) in [7, 11) is 0. The minimum atomic E-state index is 0.187. The average molecular weight is 155 g/mol. The lowest BCUT2D eigenvalue weighted by Gasteiger charge is -2.22. The van der Waals surface area contributed by atoms with E-state index < -0.39 is 0 Å². The van der Waals surface area contributed by atoms with Gasteiger partial charge in [-0.05, 0) is 12.8 Å². The molecular formula is C8H15N2O+. The zero-order valence-corrected chi connectivity index (χ0v) is 6.73. The summed E-state index contributed by atoms with van der Waals surface area (Å²) >= 11 is 0. The lowest BCUT2D eigenvalue weighted by atomic mass is 10.0. The number of carbonyl (C=O) groups excluding carboxylic acids is 1. The summed E-state index contributed by atoms with van der Waals surface area (Å²) < 4.78 is 0. The summed E-state index contributed by atoms with van der Waals surface area (Å²) in [6.07, 6.45) is 2.81. The maximum absolute atomic E-state index is 10.9. The molecule has 0 bridgehead atoms. The van der Waals surface area contributed by atoms with Crippen LogP contribution in [0, 0.1) is 6.92 Å². The van der Waals surface area contributed by atoms with Crippen LogP contribution >= 0.6 is 0 Å². The van der Waals surface area contributed by atoms with Crippen LogP contribution in [0.25, 0.3) is 0 Å². The first-order valence-corrected chi connectivity index (χ1v) is 4.12. The molecule has 1 fully saturated rings. The van der Waals surface area contributed by atoms with E-state index in [0.29, 0.717) is 12.5 Å². The maximum atomic E-state index is 10.9. The van der Waals surface area contributed by atoms with E-state index in [0.717, 1.165) is 25.9 Å². The highest BCUT2D eigenvalue weighted by atomic mass is 16.1. The van der Waals surface area contributed by atoms with Gasteiger partial charge in [0.05, 0.1) is 6.92 Å². The second-order valence-electron chi connectivity index (χ2n) is 2.86. The molecule has 0 saturated carbocycles. The van der Waals surface area contributed by atoms with Crippen molar-refractivity contribution in [1.29, 1.82) is 0 Å². The molecule has 0 spiro atoms. The van der Waals surface area contributed by atoms with Gasteiger partial charge in [0, 0.05) is 19.0 Å². The first-order valence-electron chi connectivity index (χ1n) is 4.12. The molecule has 0 radical (unpaired) electrons. The quantitative estimate of drug-likeness (QED) is 0.567. The van der Waals surface area contributed by atoms with Crippen LogP contribution in [0.2, 0.25) is 0 Å². The van der Waals surface area contributed by atoms with Crippen LogP contribution in [-0.2, 0) is 4.79 Å². The molecule has 2 N–H and O–H groups in total. The van der Waals surface area contributed by atoms with Crippen molar-refractivity contribution in [3.8, 4) is 0 Å². The summed E-state index contributed by atoms with van der Waals surface area (Å²) in [5.74, 6) is 0.187. The van der Waals surface area contributed by atoms with E-state index in [2.05, 4.69) is 17.6 Å². The van der Waals surface area contributed by atoms with Crippen molar-refractivity contribution in [2.75, 3.05) is 13.1 Å². The van der Waals surface area contributed by atoms with Crippen LogP contribution < -0.4 is 10.6 Å². The SMILES string of the molecule is [CH2+]CNC[C@H]1CCCC(=O)N1. The molecular weight excluding hydrogens is 140 g/mol. The molecule has 62 valence electrons. The van der Waals surface area contributed by atoms with Gasteiger partial charge in [-0.1, -0.05) is 0 Å². The Kier molecular flexibility index (Phi) is 3.23. The van der Waals surface area contributed by atoms with Gasteiger partial charge in [0.15, 0.2) is 0 Å². The molecule has 1 atom stereocenters. The maximum Gasteiger partial charge on any atom is 0.220 e. The third-order valence-electron chi connectivity index (χ3n) is 1.89. The number of nitrogens with one attached hydrogen (secondary N) is 2.